The van der Waals surface area contributed by atoms with Crippen LogP contribution >= 0.6 is 50.4 Å². The molecule has 1 aliphatic rings. The van der Waals surface area contributed by atoms with Crippen LogP contribution in [0.1, 0.15) is 39.6 Å². The number of rotatable bonds is 5. The Labute approximate surface area is 141 Å². The van der Waals surface area contributed by atoms with Gasteiger partial charge in [0.1, 0.15) is 0 Å². The third-order valence-corrected chi connectivity index (χ3v) is 7.41. The van der Waals surface area contributed by atoms with Crippen molar-refractivity contribution < 1.29 is 0 Å². The summed E-state index contributed by atoms with van der Waals surface area (Å²) in [5, 5.41) is 3.72. The van der Waals surface area contributed by atoms with Gasteiger partial charge in [0.05, 0.1) is 9.83 Å². The molecule has 0 fully saturated rings. The van der Waals surface area contributed by atoms with Crippen molar-refractivity contribution in [1.29, 1.82) is 0 Å². The Bertz CT molecular complexity index is 552. The highest BCUT2D eigenvalue weighted by Crippen LogP contribution is 2.38. The molecule has 0 saturated heterocycles. The molecule has 0 saturated carbocycles. The largest absolute Gasteiger partial charge is 0.305 e. The Morgan fingerprint density at radius 1 is 1.30 bits per heavy atom. The molecule has 3 heterocycles. The molecule has 2 aromatic heterocycles. The van der Waals surface area contributed by atoms with Gasteiger partial charge in [-0.1, -0.05) is 6.92 Å². The average molecular weight is 388 g/mol. The normalized spacial score (nSPS) is 16.1. The summed E-state index contributed by atoms with van der Waals surface area (Å²) >= 11 is 9.51. The molecular formula is C15H18BrNS3. The molecule has 1 aliphatic heterocycles. The van der Waals surface area contributed by atoms with Crippen molar-refractivity contribution in [3.8, 4) is 0 Å². The second-order valence-electron chi connectivity index (χ2n) is 4.93. The van der Waals surface area contributed by atoms with Crippen molar-refractivity contribution in [2.24, 2.45) is 0 Å². The van der Waals surface area contributed by atoms with Gasteiger partial charge in [0.2, 0.25) is 0 Å². The number of nitrogens with one attached hydrogen (secondary N) is 1. The van der Waals surface area contributed by atoms with Crippen LogP contribution < -0.4 is 5.32 Å². The van der Waals surface area contributed by atoms with Gasteiger partial charge in [-0.25, -0.2) is 0 Å². The standard InChI is InChI=1S/C15H18BrNS3/c1-2-6-17-15(12-3-4-14(16)20-12)13-8-10-9-18-7-5-11(10)19-13/h3-4,8,15,17H,2,5-7,9H2,1H3. The fraction of sp³-hybridized carbons (Fsp3) is 0.467. The lowest BCUT2D eigenvalue weighted by Gasteiger charge is -2.15. The van der Waals surface area contributed by atoms with Crippen molar-refractivity contribution in [2.75, 3.05) is 12.3 Å². The zero-order valence-corrected chi connectivity index (χ0v) is 15.5. The lowest BCUT2D eigenvalue weighted by atomic mass is 10.1. The zero-order chi connectivity index (χ0) is 13.9. The molecule has 1 nitrogen and oxygen atoms in total. The van der Waals surface area contributed by atoms with E-state index < -0.39 is 0 Å². The molecule has 0 aliphatic carbocycles. The average Bonchev–Trinajstić information content (AvgIpc) is 3.05. The minimum absolute atomic E-state index is 0.367. The molecule has 0 amide bonds. The van der Waals surface area contributed by atoms with Crippen molar-refractivity contribution in [2.45, 2.75) is 31.6 Å². The fourth-order valence-electron chi connectivity index (χ4n) is 2.43. The van der Waals surface area contributed by atoms with E-state index in [-0.39, 0.29) is 0 Å². The van der Waals surface area contributed by atoms with E-state index in [4.69, 9.17) is 0 Å². The lowest BCUT2D eigenvalue weighted by Crippen LogP contribution is -2.21. The van der Waals surface area contributed by atoms with Crippen molar-refractivity contribution in [3.63, 3.8) is 0 Å². The molecule has 20 heavy (non-hydrogen) atoms. The van der Waals surface area contributed by atoms with Gasteiger partial charge in [-0.3, -0.25) is 0 Å². The Kier molecular flexibility index (Phi) is 5.26. The van der Waals surface area contributed by atoms with Crippen LogP contribution in [0, 0.1) is 0 Å². The molecule has 0 radical (unpaired) electrons. The first-order valence-electron chi connectivity index (χ1n) is 6.95. The highest BCUT2D eigenvalue weighted by molar-refractivity contribution is 9.11. The van der Waals surface area contributed by atoms with Gasteiger partial charge in [-0.05, 0) is 64.8 Å². The number of thioether (sulfide) groups is 1. The van der Waals surface area contributed by atoms with Crippen LogP contribution in [0.4, 0.5) is 0 Å². The number of hydrogen-bond donors (Lipinski definition) is 1. The number of fused-ring (bicyclic) bond motifs is 1. The highest BCUT2D eigenvalue weighted by Gasteiger charge is 2.21. The summed E-state index contributed by atoms with van der Waals surface area (Å²) in [5.41, 5.74) is 1.57. The van der Waals surface area contributed by atoms with Gasteiger partial charge >= 0.3 is 0 Å². The van der Waals surface area contributed by atoms with Gasteiger partial charge in [-0.15, -0.1) is 22.7 Å². The first-order chi connectivity index (χ1) is 9.78. The molecule has 2 aromatic rings. The summed E-state index contributed by atoms with van der Waals surface area (Å²) in [4.78, 5) is 4.51. The SMILES string of the molecule is CCCNC(c1ccc(Br)s1)c1cc2c(s1)CCSC2. The van der Waals surface area contributed by atoms with Gasteiger partial charge in [0.25, 0.3) is 0 Å². The first-order valence-corrected chi connectivity index (χ1v) is 10.5. The maximum atomic E-state index is 3.72. The predicted octanol–water partition coefficient (Wildman–Crippen LogP) is 5.45. The fourth-order valence-corrected chi connectivity index (χ4v) is 6.49. The minimum Gasteiger partial charge on any atom is -0.305 e. The summed E-state index contributed by atoms with van der Waals surface area (Å²) in [6.07, 6.45) is 2.42. The summed E-state index contributed by atoms with van der Waals surface area (Å²) in [5.74, 6) is 2.48. The molecule has 0 spiro atoms. The maximum Gasteiger partial charge on any atom is 0.0765 e. The third kappa shape index (κ3) is 3.33. The van der Waals surface area contributed by atoms with E-state index in [0.717, 1.165) is 6.54 Å². The van der Waals surface area contributed by atoms with Crippen molar-refractivity contribution in [3.05, 3.63) is 42.2 Å². The van der Waals surface area contributed by atoms with Crippen LogP contribution in [0.2, 0.25) is 0 Å². The van der Waals surface area contributed by atoms with E-state index in [9.17, 15) is 0 Å². The topological polar surface area (TPSA) is 12.0 Å². The van der Waals surface area contributed by atoms with E-state index >= 15 is 0 Å². The quantitative estimate of drug-likeness (QED) is 0.731. The van der Waals surface area contributed by atoms with Crippen LogP contribution in [0.25, 0.3) is 0 Å². The summed E-state index contributed by atoms with van der Waals surface area (Å²) in [7, 11) is 0. The molecule has 1 N–H and O–H groups in total. The van der Waals surface area contributed by atoms with E-state index in [0.29, 0.717) is 6.04 Å². The van der Waals surface area contributed by atoms with Crippen LogP contribution in [0.15, 0.2) is 22.0 Å². The van der Waals surface area contributed by atoms with Crippen LogP contribution in [-0.2, 0) is 12.2 Å². The van der Waals surface area contributed by atoms with E-state index in [1.165, 1.54) is 37.9 Å². The maximum absolute atomic E-state index is 3.72. The second kappa shape index (κ2) is 6.97. The van der Waals surface area contributed by atoms with Crippen LogP contribution in [-0.4, -0.2) is 12.3 Å². The molecule has 0 aromatic carbocycles. The summed E-state index contributed by atoms with van der Waals surface area (Å²) in [6.45, 7) is 3.29. The molecular weight excluding hydrogens is 370 g/mol. The number of thiophene rings is 2. The van der Waals surface area contributed by atoms with Crippen molar-refractivity contribution >= 4 is 50.4 Å². The van der Waals surface area contributed by atoms with E-state index in [2.05, 4.69) is 58.1 Å². The minimum atomic E-state index is 0.367. The zero-order valence-electron chi connectivity index (χ0n) is 11.4. The second-order valence-corrected chi connectivity index (χ2v) is 9.70. The van der Waals surface area contributed by atoms with Gasteiger partial charge in [-0.2, -0.15) is 11.8 Å². The highest BCUT2D eigenvalue weighted by atomic mass is 79.9. The third-order valence-electron chi connectivity index (χ3n) is 3.41. The van der Waals surface area contributed by atoms with E-state index in [1.54, 1.807) is 10.4 Å². The summed E-state index contributed by atoms with van der Waals surface area (Å²) < 4.78 is 1.22. The smallest absolute Gasteiger partial charge is 0.0765 e. The lowest BCUT2D eigenvalue weighted by molar-refractivity contribution is 0.613. The Morgan fingerprint density at radius 3 is 2.90 bits per heavy atom. The summed E-state index contributed by atoms with van der Waals surface area (Å²) in [6, 6.07) is 7.21. The van der Waals surface area contributed by atoms with Gasteiger partial charge in [0, 0.05) is 20.4 Å². The molecule has 1 atom stereocenters. The molecule has 3 rings (SSSR count). The van der Waals surface area contributed by atoms with Crippen LogP contribution in [0.3, 0.4) is 0 Å². The Hall–Kier alpha value is 0.190. The Balaban J connectivity index is 1.90. The van der Waals surface area contributed by atoms with Crippen LogP contribution in [0.5, 0.6) is 0 Å². The van der Waals surface area contributed by atoms with Gasteiger partial charge < -0.3 is 5.32 Å². The number of halogens is 1. The van der Waals surface area contributed by atoms with Gasteiger partial charge in [0.15, 0.2) is 0 Å². The number of hydrogen-bond acceptors (Lipinski definition) is 4. The molecule has 108 valence electrons. The Morgan fingerprint density at radius 2 is 2.20 bits per heavy atom. The molecule has 5 heteroatoms. The molecule has 0 bridgehead atoms. The van der Waals surface area contributed by atoms with Crippen molar-refractivity contribution in [1.82, 2.24) is 5.32 Å². The monoisotopic (exact) mass is 387 g/mol. The van der Waals surface area contributed by atoms with E-state index in [1.807, 2.05) is 22.7 Å². The molecule has 1 unspecified atom stereocenters. The predicted molar refractivity (Wildman–Crippen MR) is 96.3 cm³/mol. The first kappa shape index (κ1) is 15.1. The number of aryl methyl sites for hydroxylation is 1.